The predicted molar refractivity (Wildman–Crippen MR) is 63.8 cm³/mol. The van der Waals surface area contributed by atoms with Crippen molar-refractivity contribution in [2.45, 2.75) is 31.6 Å². The van der Waals surface area contributed by atoms with Gasteiger partial charge in [-0.15, -0.1) is 0 Å². The third-order valence-corrected chi connectivity index (χ3v) is 2.90. The van der Waals surface area contributed by atoms with Crippen LogP contribution in [0.3, 0.4) is 0 Å². The molecule has 1 fully saturated rings. The fraction of sp³-hybridized carbons (Fsp3) is 0.385. The smallest absolute Gasteiger partial charge is 0.332 e. The molecule has 18 heavy (non-hydrogen) atoms. The van der Waals surface area contributed by atoms with Crippen LogP contribution in [0.1, 0.15) is 18.4 Å². The van der Waals surface area contributed by atoms with E-state index in [1.807, 2.05) is 30.3 Å². The van der Waals surface area contributed by atoms with E-state index < -0.39 is 18.2 Å². The molecule has 2 N–H and O–H groups in total. The first kappa shape index (κ1) is 12.6. The van der Waals surface area contributed by atoms with Crippen molar-refractivity contribution in [3.8, 4) is 0 Å². The lowest BCUT2D eigenvalue weighted by atomic mass is 10.2. The summed E-state index contributed by atoms with van der Waals surface area (Å²) in [6.07, 6.45) is -0.650. The van der Waals surface area contributed by atoms with Crippen molar-refractivity contribution in [1.82, 2.24) is 5.32 Å². The second-order valence-corrected chi connectivity index (χ2v) is 4.23. The molecule has 2 atom stereocenters. The van der Waals surface area contributed by atoms with Crippen LogP contribution in [-0.4, -0.2) is 29.2 Å². The Morgan fingerprint density at radius 3 is 2.50 bits per heavy atom. The van der Waals surface area contributed by atoms with Crippen LogP contribution in [0.25, 0.3) is 0 Å². The van der Waals surface area contributed by atoms with Gasteiger partial charge in [-0.25, -0.2) is 4.79 Å². The van der Waals surface area contributed by atoms with Crippen molar-refractivity contribution in [3.05, 3.63) is 35.9 Å². The molecule has 0 aliphatic carbocycles. The van der Waals surface area contributed by atoms with Gasteiger partial charge in [-0.2, -0.15) is 0 Å². The molecule has 5 nitrogen and oxygen atoms in total. The monoisotopic (exact) mass is 249 g/mol. The SMILES string of the molecule is O=C(NCc1ccccc1)[C@@H]1CC[C@H](C(=O)O)O1. The summed E-state index contributed by atoms with van der Waals surface area (Å²) in [4.78, 5) is 22.5. The minimum Gasteiger partial charge on any atom is -0.479 e. The highest BCUT2D eigenvalue weighted by Crippen LogP contribution is 2.19. The molecule has 1 aliphatic heterocycles. The van der Waals surface area contributed by atoms with Crippen LogP contribution in [0.2, 0.25) is 0 Å². The van der Waals surface area contributed by atoms with Gasteiger partial charge >= 0.3 is 5.97 Å². The predicted octanol–water partition coefficient (Wildman–Crippen LogP) is 0.935. The van der Waals surface area contributed by atoms with E-state index in [4.69, 9.17) is 9.84 Å². The van der Waals surface area contributed by atoms with E-state index in [1.165, 1.54) is 0 Å². The average molecular weight is 249 g/mol. The summed E-state index contributed by atoms with van der Waals surface area (Å²) in [5, 5.41) is 11.5. The highest BCUT2D eigenvalue weighted by Gasteiger charge is 2.34. The number of rotatable bonds is 4. The van der Waals surface area contributed by atoms with Gasteiger partial charge in [0.25, 0.3) is 0 Å². The maximum Gasteiger partial charge on any atom is 0.332 e. The largest absolute Gasteiger partial charge is 0.479 e. The van der Waals surface area contributed by atoms with Crippen molar-refractivity contribution < 1.29 is 19.4 Å². The maximum absolute atomic E-state index is 11.8. The number of carbonyl (C=O) groups excluding carboxylic acids is 1. The second-order valence-electron chi connectivity index (χ2n) is 4.23. The lowest BCUT2D eigenvalue weighted by Gasteiger charge is -2.11. The molecule has 1 saturated heterocycles. The molecule has 0 aromatic heterocycles. The van der Waals surface area contributed by atoms with E-state index in [0.717, 1.165) is 5.56 Å². The summed E-state index contributed by atoms with van der Waals surface area (Å²) in [5.74, 6) is -1.25. The zero-order valence-electron chi connectivity index (χ0n) is 9.83. The van der Waals surface area contributed by atoms with Crippen LogP contribution in [0.4, 0.5) is 0 Å². The van der Waals surface area contributed by atoms with Gasteiger partial charge in [0.15, 0.2) is 6.10 Å². The van der Waals surface area contributed by atoms with E-state index in [9.17, 15) is 9.59 Å². The van der Waals surface area contributed by atoms with Gasteiger partial charge in [-0.1, -0.05) is 30.3 Å². The highest BCUT2D eigenvalue weighted by molar-refractivity contribution is 5.82. The molecule has 5 heteroatoms. The average Bonchev–Trinajstić information content (AvgIpc) is 2.87. The van der Waals surface area contributed by atoms with E-state index in [0.29, 0.717) is 19.4 Å². The van der Waals surface area contributed by atoms with E-state index in [1.54, 1.807) is 0 Å². The van der Waals surface area contributed by atoms with E-state index in [2.05, 4.69) is 5.32 Å². The van der Waals surface area contributed by atoms with Crippen LogP contribution >= 0.6 is 0 Å². The summed E-state index contributed by atoms with van der Waals surface area (Å²) in [6, 6.07) is 9.52. The molecular weight excluding hydrogens is 234 g/mol. The number of hydrogen-bond acceptors (Lipinski definition) is 3. The summed E-state index contributed by atoms with van der Waals surface area (Å²) in [6.45, 7) is 0.428. The molecule has 2 rings (SSSR count). The minimum absolute atomic E-state index is 0.248. The third kappa shape index (κ3) is 3.07. The number of amides is 1. The highest BCUT2D eigenvalue weighted by atomic mass is 16.5. The fourth-order valence-corrected chi connectivity index (χ4v) is 1.91. The Hall–Kier alpha value is -1.88. The van der Waals surface area contributed by atoms with Gasteiger partial charge in [0, 0.05) is 6.54 Å². The van der Waals surface area contributed by atoms with Gasteiger partial charge in [-0.3, -0.25) is 4.79 Å². The maximum atomic E-state index is 11.8. The van der Waals surface area contributed by atoms with E-state index >= 15 is 0 Å². The first-order valence-electron chi connectivity index (χ1n) is 5.86. The lowest BCUT2D eigenvalue weighted by molar-refractivity contribution is -0.151. The zero-order chi connectivity index (χ0) is 13.0. The molecule has 0 spiro atoms. The Bertz CT molecular complexity index is 432. The Balaban J connectivity index is 1.81. The van der Waals surface area contributed by atoms with Crippen molar-refractivity contribution in [3.63, 3.8) is 0 Å². The molecule has 96 valence electrons. The number of hydrogen-bond donors (Lipinski definition) is 2. The molecule has 0 radical (unpaired) electrons. The summed E-state index contributed by atoms with van der Waals surface area (Å²) in [5.41, 5.74) is 0.999. The first-order chi connectivity index (χ1) is 8.66. The van der Waals surface area contributed by atoms with Crippen molar-refractivity contribution >= 4 is 11.9 Å². The standard InChI is InChI=1S/C13H15NO4/c15-12(10-6-7-11(18-10)13(16)17)14-8-9-4-2-1-3-5-9/h1-5,10-11H,6-8H2,(H,14,15)(H,16,17)/t10-,11+/m0/s1. The third-order valence-electron chi connectivity index (χ3n) is 2.90. The van der Waals surface area contributed by atoms with Gasteiger partial charge in [0.05, 0.1) is 0 Å². The van der Waals surface area contributed by atoms with Gasteiger partial charge in [-0.05, 0) is 18.4 Å². The van der Waals surface area contributed by atoms with Crippen LogP contribution in [0, 0.1) is 0 Å². The molecule has 0 unspecified atom stereocenters. The Morgan fingerprint density at radius 2 is 1.89 bits per heavy atom. The topological polar surface area (TPSA) is 75.6 Å². The first-order valence-corrected chi connectivity index (χ1v) is 5.86. The van der Waals surface area contributed by atoms with Crippen molar-refractivity contribution in [2.24, 2.45) is 0 Å². The summed E-state index contributed by atoms with van der Waals surface area (Å²) >= 11 is 0. The number of carbonyl (C=O) groups is 2. The van der Waals surface area contributed by atoms with Crippen LogP contribution < -0.4 is 5.32 Å². The van der Waals surface area contributed by atoms with Crippen molar-refractivity contribution in [2.75, 3.05) is 0 Å². The summed E-state index contributed by atoms with van der Waals surface area (Å²) in [7, 11) is 0. The molecule has 1 heterocycles. The molecule has 1 aromatic rings. The Morgan fingerprint density at radius 1 is 1.22 bits per heavy atom. The fourth-order valence-electron chi connectivity index (χ4n) is 1.91. The van der Waals surface area contributed by atoms with E-state index in [-0.39, 0.29) is 5.91 Å². The number of benzene rings is 1. The minimum atomic E-state index is -1.01. The molecule has 1 amide bonds. The number of aliphatic carboxylic acids is 1. The molecule has 1 aromatic carbocycles. The Labute approximate surface area is 105 Å². The quantitative estimate of drug-likeness (QED) is 0.832. The molecule has 0 bridgehead atoms. The number of carboxylic acids is 1. The molecule has 1 aliphatic rings. The number of carboxylic acid groups (broad SMARTS) is 1. The lowest BCUT2D eigenvalue weighted by Crippen LogP contribution is -2.35. The summed E-state index contributed by atoms with van der Waals surface area (Å²) < 4.78 is 5.16. The Kier molecular flexibility index (Phi) is 3.94. The van der Waals surface area contributed by atoms with Gasteiger partial charge in [0.2, 0.25) is 5.91 Å². The van der Waals surface area contributed by atoms with Crippen LogP contribution in [0.15, 0.2) is 30.3 Å². The zero-order valence-corrected chi connectivity index (χ0v) is 9.83. The van der Waals surface area contributed by atoms with Gasteiger partial charge < -0.3 is 15.2 Å². The van der Waals surface area contributed by atoms with Gasteiger partial charge in [0.1, 0.15) is 6.10 Å². The molecule has 0 saturated carbocycles. The normalized spacial score (nSPS) is 22.7. The second kappa shape index (κ2) is 5.64. The molecular formula is C13H15NO4. The number of nitrogens with one attached hydrogen (secondary N) is 1. The van der Waals surface area contributed by atoms with Crippen LogP contribution in [-0.2, 0) is 20.9 Å². The van der Waals surface area contributed by atoms with Crippen LogP contribution in [0.5, 0.6) is 0 Å². The number of ether oxygens (including phenoxy) is 1. The van der Waals surface area contributed by atoms with Crippen molar-refractivity contribution in [1.29, 1.82) is 0 Å².